The van der Waals surface area contributed by atoms with Crippen LogP contribution in [0.2, 0.25) is 0 Å². The standard InChI is InChI=1S/C29H24N4O9S/c1-5-41-28(35)25-16(3)30-29-31(26(25)17-7-6-15(2)21(12-17)33(38)39)27(34)24(43-29)14-19-9-11-22(42-19)20-10-8-18(32(36)37)13-23(20)40-4/h6-14,26H,5H2,1-4H3/b24-14+/t26-/m1/s1. The van der Waals surface area contributed by atoms with E-state index in [1.807, 2.05) is 0 Å². The number of aromatic nitrogens is 1. The highest BCUT2D eigenvalue weighted by atomic mass is 32.1. The van der Waals surface area contributed by atoms with E-state index in [-0.39, 0.29) is 33.8 Å². The Morgan fingerprint density at radius 1 is 1.12 bits per heavy atom. The van der Waals surface area contributed by atoms with Gasteiger partial charge in [0.15, 0.2) is 4.80 Å². The Kier molecular flexibility index (Phi) is 7.78. The van der Waals surface area contributed by atoms with Crippen LogP contribution in [0.5, 0.6) is 5.75 Å². The number of carbonyl (C=O) groups excluding carboxylic acids is 1. The van der Waals surface area contributed by atoms with Crippen molar-refractivity contribution in [1.82, 2.24) is 4.57 Å². The topological polar surface area (TPSA) is 169 Å². The molecule has 3 heterocycles. The molecule has 1 atom stereocenters. The third kappa shape index (κ3) is 5.35. The number of thiazole rings is 1. The Labute approximate surface area is 246 Å². The highest BCUT2D eigenvalue weighted by molar-refractivity contribution is 7.07. The normalized spacial score (nSPS) is 14.7. The number of hydrogen-bond donors (Lipinski definition) is 0. The van der Waals surface area contributed by atoms with Crippen molar-refractivity contribution < 1.29 is 28.5 Å². The average Bonchev–Trinajstić information content (AvgIpc) is 3.56. The van der Waals surface area contributed by atoms with E-state index in [1.165, 1.54) is 42.0 Å². The summed E-state index contributed by atoms with van der Waals surface area (Å²) in [7, 11) is 1.39. The van der Waals surface area contributed by atoms with Gasteiger partial charge in [0, 0.05) is 23.8 Å². The van der Waals surface area contributed by atoms with E-state index in [9.17, 15) is 29.8 Å². The highest BCUT2D eigenvalue weighted by Crippen LogP contribution is 2.35. The molecule has 0 N–H and O–H groups in total. The van der Waals surface area contributed by atoms with Crippen LogP contribution in [-0.4, -0.2) is 34.1 Å². The number of esters is 1. The molecule has 0 unspecified atom stereocenters. The van der Waals surface area contributed by atoms with Crippen molar-refractivity contribution in [3.05, 3.63) is 117 Å². The first kappa shape index (κ1) is 29.1. The van der Waals surface area contributed by atoms with E-state index < -0.39 is 27.4 Å². The van der Waals surface area contributed by atoms with Crippen LogP contribution in [0, 0.1) is 27.2 Å². The molecule has 13 nitrogen and oxygen atoms in total. The zero-order chi connectivity index (χ0) is 31.0. The number of furan rings is 1. The molecule has 0 spiro atoms. The number of non-ortho nitro benzene ring substituents is 1. The molecule has 4 aromatic rings. The third-order valence-electron chi connectivity index (χ3n) is 6.82. The molecule has 0 bridgehead atoms. The van der Waals surface area contributed by atoms with Gasteiger partial charge in [-0.1, -0.05) is 23.5 Å². The van der Waals surface area contributed by atoms with E-state index in [4.69, 9.17) is 13.9 Å². The summed E-state index contributed by atoms with van der Waals surface area (Å²) in [5.41, 5.74) is 0.906. The van der Waals surface area contributed by atoms with Gasteiger partial charge in [-0.3, -0.25) is 29.6 Å². The number of nitro benzene ring substituents is 2. The minimum Gasteiger partial charge on any atom is -0.496 e. The lowest BCUT2D eigenvalue weighted by Crippen LogP contribution is -2.40. The Morgan fingerprint density at radius 2 is 1.88 bits per heavy atom. The van der Waals surface area contributed by atoms with Crippen LogP contribution in [0.3, 0.4) is 0 Å². The molecule has 2 aromatic carbocycles. The lowest BCUT2D eigenvalue weighted by molar-refractivity contribution is -0.385. The Morgan fingerprint density at radius 3 is 2.56 bits per heavy atom. The van der Waals surface area contributed by atoms with Crippen LogP contribution in [-0.2, 0) is 9.53 Å². The zero-order valence-corrected chi connectivity index (χ0v) is 24.2. The van der Waals surface area contributed by atoms with Gasteiger partial charge >= 0.3 is 5.97 Å². The molecular weight excluding hydrogens is 580 g/mol. The Bertz CT molecular complexity index is 2020. The van der Waals surface area contributed by atoms with Gasteiger partial charge in [0.05, 0.1) is 57.0 Å². The van der Waals surface area contributed by atoms with E-state index in [0.717, 1.165) is 11.3 Å². The fraction of sp³-hybridized carbons (Fsp3) is 0.207. The molecule has 0 fully saturated rings. The molecule has 0 saturated carbocycles. The summed E-state index contributed by atoms with van der Waals surface area (Å²) in [6.07, 6.45) is 1.52. The van der Waals surface area contributed by atoms with Crippen molar-refractivity contribution >= 4 is 34.8 Å². The molecule has 1 aliphatic heterocycles. The van der Waals surface area contributed by atoms with Gasteiger partial charge in [-0.25, -0.2) is 9.79 Å². The second-order valence-corrected chi connectivity index (χ2v) is 10.5. The van der Waals surface area contributed by atoms with E-state index in [1.54, 1.807) is 45.0 Å². The van der Waals surface area contributed by atoms with E-state index >= 15 is 0 Å². The largest absolute Gasteiger partial charge is 0.496 e. The Hall–Kier alpha value is -5.37. The quantitative estimate of drug-likeness (QED) is 0.163. The molecule has 0 radical (unpaired) electrons. The lowest BCUT2D eigenvalue weighted by atomic mass is 9.94. The van der Waals surface area contributed by atoms with Crippen LogP contribution >= 0.6 is 11.3 Å². The van der Waals surface area contributed by atoms with Crippen molar-refractivity contribution in [2.75, 3.05) is 13.7 Å². The first-order valence-corrected chi connectivity index (χ1v) is 13.7. The van der Waals surface area contributed by atoms with Gasteiger partial charge in [-0.15, -0.1) is 0 Å². The molecule has 0 aliphatic carbocycles. The minimum atomic E-state index is -1.02. The number of allylic oxidation sites excluding steroid dienone is 1. The molecule has 220 valence electrons. The maximum absolute atomic E-state index is 13.8. The van der Waals surface area contributed by atoms with E-state index in [2.05, 4.69) is 4.99 Å². The average molecular weight is 605 g/mol. The van der Waals surface area contributed by atoms with Crippen molar-refractivity contribution in [3.8, 4) is 17.1 Å². The number of hydrogen-bond acceptors (Lipinski definition) is 11. The first-order chi connectivity index (χ1) is 20.5. The number of fused-ring (bicyclic) bond motifs is 1. The van der Waals surface area contributed by atoms with Crippen LogP contribution in [0.4, 0.5) is 11.4 Å². The fourth-order valence-corrected chi connectivity index (χ4v) is 5.83. The molecule has 2 aromatic heterocycles. The highest BCUT2D eigenvalue weighted by Gasteiger charge is 2.34. The predicted octanol–water partition coefficient (Wildman–Crippen LogP) is 4.19. The van der Waals surface area contributed by atoms with Crippen molar-refractivity contribution in [2.24, 2.45) is 4.99 Å². The monoisotopic (exact) mass is 604 g/mol. The number of rotatable bonds is 8. The summed E-state index contributed by atoms with van der Waals surface area (Å²) < 4.78 is 18.1. The number of benzene rings is 2. The summed E-state index contributed by atoms with van der Waals surface area (Å²) in [6.45, 7) is 4.96. The SMILES string of the molecule is CCOC(=O)C1=C(C)N=c2s/c(=C/c3ccc(-c4ccc([N+](=O)[O-])cc4OC)o3)c(=O)n2[C@@H]1c1ccc(C)c([N+](=O)[O-])c1. The Balaban J connectivity index is 1.64. The summed E-state index contributed by atoms with van der Waals surface area (Å²) in [5, 5.41) is 22.9. The summed E-state index contributed by atoms with van der Waals surface area (Å²) in [6, 6.07) is 10.9. The summed E-state index contributed by atoms with van der Waals surface area (Å²) in [4.78, 5) is 53.5. The maximum Gasteiger partial charge on any atom is 0.338 e. The van der Waals surface area contributed by atoms with Gasteiger partial charge in [0.25, 0.3) is 16.9 Å². The maximum atomic E-state index is 13.8. The van der Waals surface area contributed by atoms with Gasteiger partial charge < -0.3 is 13.9 Å². The number of aryl methyl sites for hydroxylation is 1. The third-order valence-corrected chi connectivity index (χ3v) is 7.81. The smallest absolute Gasteiger partial charge is 0.338 e. The summed E-state index contributed by atoms with van der Waals surface area (Å²) >= 11 is 1.07. The van der Waals surface area contributed by atoms with Gasteiger partial charge in [0.2, 0.25) is 0 Å². The predicted molar refractivity (Wildman–Crippen MR) is 156 cm³/mol. The minimum absolute atomic E-state index is 0.0845. The summed E-state index contributed by atoms with van der Waals surface area (Å²) in [5.74, 6) is 0.225. The van der Waals surface area contributed by atoms with Crippen LogP contribution in [0.15, 0.2) is 74.0 Å². The van der Waals surface area contributed by atoms with Gasteiger partial charge in [0.1, 0.15) is 17.3 Å². The molecule has 14 heteroatoms. The molecule has 0 amide bonds. The molecule has 0 saturated heterocycles. The molecule has 5 rings (SSSR count). The van der Waals surface area contributed by atoms with Gasteiger partial charge in [-0.05, 0) is 44.5 Å². The zero-order valence-electron chi connectivity index (χ0n) is 23.4. The second-order valence-electron chi connectivity index (χ2n) is 9.45. The van der Waals surface area contributed by atoms with Crippen molar-refractivity contribution in [3.63, 3.8) is 0 Å². The number of nitro groups is 2. The molecule has 43 heavy (non-hydrogen) atoms. The fourth-order valence-electron chi connectivity index (χ4n) is 4.80. The number of methoxy groups -OCH3 is 1. The van der Waals surface area contributed by atoms with Crippen LogP contribution < -0.4 is 19.6 Å². The van der Waals surface area contributed by atoms with Crippen molar-refractivity contribution in [2.45, 2.75) is 26.8 Å². The molecular formula is C29H24N4O9S. The van der Waals surface area contributed by atoms with Crippen molar-refractivity contribution in [1.29, 1.82) is 0 Å². The lowest BCUT2D eigenvalue weighted by Gasteiger charge is -2.24. The molecule has 1 aliphatic rings. The van der Waals surface area contributed by atoms with Gasteiger partial charge in [-0.2, -0.15) is 0 Å². The number of ether oxygens (including phenoxy) is 2. The number of nitrogens with zero attached hydrogens (tertiary/aromatic N) is 4. The van der Waals surface area contributed by atoms with E-state index in [0.29, 0.717) is 38.7 Å². The second kappa shape index (κ2) is 11.5. The first-order valence-electron chi connectivity index (χ1n) is 12.9. The number of carbonyl (C=O) groups is 1. The van der Waals surface area contributed by atoms with Crippen LogP contribution in [0.25, 0.3) is 17.4 Å². The van der Waals surface area contributed by atoms with Crippen LogP contribution in [0.1, 0.15) is 36.8 Å².